The van der Waals surface area contributed by atoms with Crippen LogP contribution in [0, 0.1) is 5.92 Å². The predicted molar refractivity (Wildman–Crippen MR) is 133 cm³/mol. The molecule has 1 amide bonds. The standard InChI is InChI=1S/C27H32N4O3/c32-25(15-18-9-13-34-14-10-18)20-3-1-4-22(16-20)30-24-8-7-21(17-23(24)19-5-6-19)26(33)31-27-28-11-2-12-29-27/h1,3-4,7-8,16-19,30H,2,5-6,9-15H2,(H2,28,29,31,33). The van der Waals surface area contributed by atoms with E-state index in [1.165, 1.54) is 0 Å². The molecule has 0 radical (unpaired) electrons. The highest BCUT2D eigenvalue weighted by Gasteiger charge is 2.27. The molecule has 34 heavy (non-hydrogen) atoms. The summed E-state index contributed by atoms with van der Waals surface area (Å²) in [5.41, 5.74) is 4.38. The smallest absolute Gasteiger partial charge is 0.257 e. The maximum atomic E-state index is 12.9. The first-order valence-corrected chi connectivity index (χ1v) is 12.4. The van der Waals surface area contributed by atoms with E-state index < -0.39 is 0 Å². The molecular formula is C27H32N4O3. The number of nitrogens with zero attached hydrogens (tertiary/aromatic N) is 1. The van der Waals surface area contributed by atoms with E-state index in [1.807, 2.05) is 42.5 Å². The van der Waals surface area contributed by atoms with Crippen molar-refractivity contribution in [1.82, 2.24) is 10.6 Å². The number of hydrogen-bond acceptors (Lipinski definition) is 6. The zero-order chi connectivity index (χ0) is 23.3. The third-order valence-electron chi connectivity index (χ3n) is 6.74. The average molecular weight is 461 g/mol. The third-order valence-corrected chi connectivity index (χ3v) is 6.74. The summed E-state index contributed by atoms with van der Waals surface area (Å²) in [7, 11) is 0. The van der Waals surface area contributed by atoms with Gasteiger partial charge in [0.05, 0.1) is 0 Å². The summed E-state index contributed by atoms with van der Waals surface area (Å²) >= 11 is 0. The van der Waals surface area contributed by atoms with Crippen LogP contribution < -0.4 is 16.0 Å². The monoisotopic (exact) mass is 460 g/mol. The largest absolute Gasteiger partial charge is 0.381 e. The highest BCUT2D eigenvalue weighted by Crippen LogP contribution is 2.44. The highest BCUT2D eigenvalue weighted by atomic mass is 16.5. The molecule has 0 spiro atoms. The van der Waals surface area contributed by atoms with E-state index in [0.29, 0.717) is 29.8 Å². The Hall–Kier alpha value is -3.19. The van der Waals surface area contributed by atoms with Gasteiger partial charge in [0.2, 0.25) is 0 Å². The Labute approximate surface area is 200 Å². The second-order valence-corrected chi connectivity index (χ2v) is 9.43. The number of guanidine groups is 1. The molecule has 2 aromatic carbocycles. The third kappa shape index (κ3) is 5.65. The van der Waals surface area contributed by atoms with Crippen LogP contribution in [0.1, 0.15) is 70.7 Å². The molecule has 178 valence electrons. The molecule has 7 nitrogen and oxygen atoms in total. The number of carbonyl (C=O) groups excluding carboxylic acids is 2. The molecule has 3 aliphatic rings. The van der Waals surface area contributed by atoms with Crippen molar-refractivity contribution in [2.45, 2.75) is 44.4 Å². The molecule has 5 rings (SSSR count). The van der Waals surface area contributed by atoms with E-state index in [2.05, 4.69) is 20.9 Å². The Balaban J connectivity index is 1.29. The minimum atomic E-state index is -0.151. The predicted octanol–water partition coefficient (Wildman–Crippen LogP) is 4.39. The molecule has 7 heteroatoms. The van der Waals surface area contributed by atoms with Gasteiger partial charge in [-0.05, 0) is 79.8 Å². The van der Waals surface area contributed by atoms with Crippen LogP contribution in [0.3, 0.4) is 0 Å². The van der Waals surface area contributed by atoms with E-state index >= 15 is 0 Å². The van der Waals surface area contributed by atoms with Gasteiger partial charge in [0, 0.05) is 55.2 Å². The van der Waals surface area contributed by atoms with Gasteiger partial charge in [0.1, 0.15) is 0 Å². The number of nitrogens with one attached hydrogen (secondary N) is 3. The maximum absolute atomic E-state index is 12.9. The minimum Gasteiger partial charge on any atom is -0.381 e. The van der Waals surface area contributed by atoms with Gasteiger partial charge in [-0.3, -0.25) is 19.9 Å². The topological polar surface area (TPSA) is 91.8 Å². The molecular weight excluding hydrogens is 428 g/mol. The average Bonchev–Trinajstić information content (AvgIpc) is 3.71. The Morgan fingerprint density at radius 3 is 2.65 bits per heavy atom. The van der Waals surface area contributed by atoms with Gasteiger partial charge in [-0.25, -0.2) is 0 Å². The first-order chi connectivity index (χ1) is 16.7. The van der Waals surface area contributed by atoms with Gasteiger partial charge in [-0.1, -0.05) is 12.1 Å². The van der Waals surface area contributed by atoms with Crippen molar-refractivity contribution in [2.24, 2.45) is 10.9 Å². The number of anilines is 2. The molecule has 2 aliphatic heterocycles. The van der Waals surface area contributed by atoms with Crippen molar-refractivity contribution in [3.63, 3.8) is 0 Å². The van der Waals surface area contributed by atoms with Gasteiger partial charge in [-0.15, -0.1) is 0 Å². The fourth-order valence-corrected chi connectivity index (χ4v) is 4.60. The van der Waals surface area contributed by atoms with E-state index in [4.69, 9.17) is 4.74 Å². The summed E-state index contributed by atoms with van der Waals surface area (Å²) in [5.74, 6) is 1.45. The lowest BCUT2D eigenvalue weighted by atomic mass is 9.92. The zero-order valence-corrected chi connectivity index (χ0v) is 19.4. The molecule has 2 fully saturated rings. The van der Waals surface area contributed by atoms with Gasteiger partial charge >= 0.3 is 0 Å². The lowest BCUT2D eigenvalue weighted by Gasteiger charge is -2.21. The van der Waals surface area contributed by atoms with Crippen molar-refractivity contribution >= 4 is 29.0 Å². The normalized spacial score (nSPS) is 18.5. The number of rotatable bonds is 7. The number of hydrogen-bond donors (Lipinski definition) is 3. The van der Waals surface area contributed by atoms with Crippen LogP contribution in [-0.2, 0) is 4.74 Å². The number of Topliss-reactive ketones (excluding diaryl/α,β-unsaturated/α-hetero) is 1. The Bertz CT molecular complexity index is 1090. The van der Waals surface area contributed by atoms with Crippen LogP contribution in [0.2, 0.25) is 0 Å². The van der Waals surface area contributed by atoms with Crippen molar-refractivity contribution in [3.8, 4) is 0 Å². The molecule has 1 saturated heterocycles. The fourth-order valence-electron chi connectivity index (χ4n) is 4.60. The Kier molecular flexibility index (Phi) is 6.90. The summed E-state index contributed by atoms with van der Waals surface area (Å²) < 4.78 is 5.41. The minimum absolute atomic E-state index is 0.151. The van der Waals surface area contributed by atoms with Crippen molar-refractivity contribution in [3.05, 3.63) is 59.2 Å². The summed E-state index contributed by atoms with van der Waals surface area (Å²) in [6.45, 7) is 3.06. The molecule has 0 bridgehead atoms. The maximum Gasteiger partial charge on any atom is 0.257 e. The molecule has 1 saturated carbocycles. The number of amides is 1. The van der Waals surface area contributed by atoms with Crippen molar-refractivity contribution < 1.29 is 14.3 Å². The first kappa shape index (κ1) is 22.6. The second-order valence-electron chi connectivity index (χ2n) is 9.43. The van der Waals surface area contributed by atoms with Crippen molar-refractivity contribution in [1.29, 1.82) is 0 Å². The molecule has 2 heterocycles. The summed E-state index contributed by atoms with van der Waals surface area (Å²) in [5, 5.41) is 9.50. The van der Waals surface area contributed by atoms with E-state index in [1.54, 1.807) is 0 Å². The summed E-state index contributed by atoms with van der Waals surface area (Å²) in [6, 6.07) is 13.5. The van der Waals surface area contributed by atoms with E-state index in [-0.39, 0.29) is 11.7 Å². The second kappa shape index (κ2) is 10.4. The van der Waals surface area contributed by atoms with Gasteiger partial charge in [0.15, 0.2) is 11.7 Å². The van der Waals surface area contributed by atoms with Crippen molar-refractivity contribution in [2.75, 3.05) is 31.6 Å². The number of ketones is 1. The fraction of sp³-hybridized carbons (Fsp3) is 0.444. The summed E-state index contributed by atoms with van der Waals surface area (Å²) in [4.78, 5) is 29.9. The number of carbonyl (C=O) groups is 2. The van der Waals surface area contributed by atoms with Crippen LogP contribution in [0.4, 0.5) is 11.4 Å². The van der Waals surface area contributed by atoms with Crippen LogP contribution in [0.25, 0.3) is 0 Å². The van der Waals surface area contributed by atoms with Crippen LogP contribution in [-0.4, -0.2) is 44.0 Å². The lowest BCUT2D eigenvalue weighted by molar-refractivity contribution is 0.0601. The molecule has 0 atom stereocenters. The van der Waals surface area contributed by atoms with Gasteiger partial charge < -0.3 is 15.4 Å². The number of benzene rings is 2. The van der Waals surface area contributed by atoms with Crippen LogP contribution >= 0.6 is 0 Å². The van der Waals surface area contributed by atoms with Crippen LogP contribution in [0.5, 0.6) is 0 Å². The molecule has 3 N–H and O–H groups in total. The summed E-state index contributed by atoms with van der Waals surface area (Å²) in [6.07, 6.45) is 5.71. The molecule has 0 aromatic heterocycles. The molecule has 0 unspecified atom stereocenters. The van der Waals surface area contributed by atoms with Crippen LogP contribution in [0.15, 0.2) is 47.5 Å². The van der Waals surface area contributed by atoms with Gasteiger partial charge in [-0.2, -0.15) is 0 Å². The lowest BCUT2D eigenvalue weighted by Crippen LogP contribution is -2.43. The zero-order valence-electron chi connectivity index (χ0n) is 19.4. The molecule has 1 aliphatic carbocycles. The number of ether oxygens (including phenoxy) is 1. The van der Waals surface area contributed by atoms with E-state index in [9.17, 15) is 9.59 Å². The molecule has 2 aromatic rings. The SMILES string of the molecule is O=C(CC1CCOCC1)c1cccc(Nc2ccc(C(=O)NC3=NCCCN3)cc2C2CC2)c1. The number of aliphatic imine (C=N–C) groups is 1. The van der Waals surface area contributed by atoms with Gasteiger partial charge in [0.25, 0.3) is 5.91 Å². The Morgan fingerprint density at radius 2 is 1.88 bits per heavy atom. The quantitative estimate of drug-likeness (QED) is 0.533. The Morgan fingerprint density at radius 1 is 1.03 bits per heavy atom. The van der Waals surface area contributed by atoms with E-state index in [0.717, 1.165) is 80.9 Å². The first-order valence-electron chi connectivity index (χ1n) is 12.4. The highest BCUT2D eigenvalue weighted by molar-refractivity contribution is 6.06.